The first-order valence-corrected chi connectivity index (χ1v) is 11.8. The molecular formula is C19H22ClF3N4O3S. The normalized spacial score (nSPS) is 16.9. The zero-order chi connectivity index (χ0) is 22.8. The van der Waals surface area contributed by atoms with Crippen LogP contribution in [0, 0.1) is 5.92 Å². The fourth-order valence-corrected chi connectivity index (χ4v) is 5.33. The first kappa shape index (κ1) is 23.4. The van der Waals surface area contributed by atoms with Gasteiger partial charge < -0.3 is 10.6 Å². The van der Waals surface area contributed by atoms with Crippen LogP contribution in [0.4, 0.5) is 18.9 Å². The molecule has 170 valence electrons. The third-order valence-corrected chi connectivity index (χ3v) is 7.44. The number of aromatic amines is 1. The second kappa shape index (κ2) is 9.07. The number of halogens is 4. The quantitative estimate of drug-likeness (QED) is 0.617. The summed E-state index contributed by atoms with van der Waals surface area (Å²) in [7, 11) is -3.02. The molecule has 3 rings (SSSR count). The molecule has 0 saturated carbocycles. The molecule has 1 aliphatic rings. The van der Waals surface area contributed by atoms with Gasteiger partial charge in [-0.2, -0.15) is 18.3 Å². The van der Waals surface area contributed by atoms with E-state index in [-0.39, 0.29) is 36.2 Å². The Morgan fingerprint density at radius 1 is 1.29 bits per heavy atom. The summed E-state index contributed by atoms with van der Waals surface area (Å²) in [6.07, 6.45) is -3.20. The van der Waals surface area contributed by atoms with E-state index >= 15 is 0 Å². The van der Waals surface area contributed by atoms with Gasteiger partial charge in [-0.3, -0.25) is 9.89 Å². The molecule has 1 fully saturated rings. The number of H-pyrrole nitrogens is 1. The number of hydrogen-bond donors (Lipinski definition) is 2. The fraction of sp³-hybridized carbons (Fsp3) is 0.474. The van der Waals surface area contributed by atoms with Crippen molar-refractivity contribution >= 4 is 33.0 Å². The minimum Gasteiger partial charge on any atom is -0.398 e. The molecule has 3 N–H and O–H groups in total. The van der Waals surface area contributed by atoms with Crippen molar-refractivity contribution in [1.29, 1.82) is 0 Å². The molecule has 0 aliphatic carbocycles. The molecule has 31 heavy (non-hydrogen) atoms. The first-order valence-electron chi connectivity index (χ1n) is 9.61. The van der Waals surface area contributed by atoms with E-state index in [4.69, 9.17) is 17.3 Å². The Balaban J connectivity index is 1.80. The van der Waals surface area contributed by atoms with Gasteiger partial charge in [-0.1, -0.05) is 17.7 Å². The van der Waals surface area contributed by atoms with Crippen molar-refractivity contribution in [2.45, 2.75) is 32.0 Å². The predicted octanol–water partition coefficient (Wildman–Crippen LogP) is 3.52. The van der Waals surface area contributed by atoms with E-state index in [1.807, 2.05) is 0 Å². The van der Waals surface area contributed by atoms with Crippen molar-refractivity contribution in [3.63, 3.8) is 0 Å². The lowest BCUT2D eigenvalue weighted by Gasteiger charge is -2.27. The van der Waals surface area contributed by atoms with Crippen molar-refractivity contribution in [3.8, 4) is 0 Å². The van der Waals surface area contributed by atoms with Crippen molar-refractivity contribution < 1.29 is 26.4 Å². The number of nitrogens with two attached hydrogens (primary N) is 1. The number of rotatable bonds is 6. The zero-order valence-corrected chi connectivity index (χ0v) is 18.0. The summed E-state index contributed by atoms with van der Waals surface area (Å²) in [6, 6.07) is 5.55. The van der Waals surface area contributed by atoms with Crippen molar-refractivity contribution in [2.75, 3.05) is 23.8 Å². The van der Waals surface area contributed by atoms with Gasteiger partial charge >= 0.3 is 6.18 Å². The number of carbonyl (C=O) groups excluding carboxylic acids is 1. The van der Waals surface area contributed by atoms with E-state index in [0.717, 1.165) is 0 Å². The number of nitrogens with zero attached hydrogens (tertiary/aromatic N) is 2. The van der Waals surface area contributed by atoms with E-state index in [0.29, 0.717) is 41.6 Å². The molecule has 1 amide bonds. The summed E-state index contributed by atoms with van der Waals surface area (Å²) in [5.41, 5.74) is 5.33. The molecule has 0 bridgehead atoms. The average Bonchev–Trinajstić information content (AvgIpc) is 3.18. The van der Waals surface area contributed by atoms with Gasteiger partial charge in [0.1, 0.15) is 15.5 Å². The molecular weight excluding hydrogens is 457 g/mol. The van der Waals surface area contributed by atoms with Crippen LogP contribution < -0.4 is 5.73 Å². The number of nitrogen functional groups attached to an aromatic ring is 1. The van der Waals surface area contributed by atoms with Crippen LogP contribution in [0.5, 0.6) is 0 Å². The van der Waals surface area contributed by atoms with E-state index in [2.05, 4.69) is 10.2 Å². The molecule has 2 heterocycles. The summed E-state index contributed by atoms with van der Waals surface area (Å²) in [5, 5.41) is 5.67. The maximum Gasteiger partial charge on any atom is 0.435 e. The van der Waals surface area contributed by atoms with Gasteiger partial charge in [-0.25, -0.2) is 8.42 Å². The number of amides is 1. The molecule has 0 unspecified atom stereocenters. The number of alkyl halides is 3. The van der Waals surface area contributed by atoms with Crippen LogP contribution in [0.25, 0.3) is 0 Å². The molecule has 2 aromatic rings. The van der Waals surface area contributed by atoms with Crippen molar-refractivity contribution in [3.05, 3.63) is 46.2 Å². The Morgan fingerprint density at radius 2 is 1.97 bits per heavy atom. The molecule has 12 heteroatoms. The topological polar surface area (TPSA) is 109 Å². The molecule has 7 nitrogen and oxygen atoms in total. The number of carbonyl (C=O) groups is 1. The highest BCUT2D eigenvalue weighted by atomic mass is 35.5. The maximum atomic E-state index is 13.0. The number of nitrogens with one attached hydrogen (secondary N) is 1. The van der Waals surface area contributed by atoms with Crippen molar-refractivity contribution in [1.82, 2.24) is 15.1 Å². The van der Waals surface area contributed by atoms with E-state index < -0.39 is 27.6 Å². The fourth-order valence-electron chi connectivity index (χ4n) is 3.50. The third kappa shape index (κ3) is 5.91. The zero-order valence-electron chi connectivity index (χ0n) is 16.5. The van der Waals surface area contributed by atoms with Crippen LogP contribution in [-0.4, -0.2) is 47.5 Å². The largest absolute Gasteiger partial charge is 0.435 e. The van der Waals surface area contributed by atoms with Crippen LogP contribution in [-0.2, 0) is 22.6 Å². The van der Waals surface area contributed by atoms with Crippen LogP contribution in [0.1, 0.15) is 41.0 Å². The highest BCUT2D eigenvalue weighted by Crippen LogP contribution is 2.29. The highest BCUT2D eigenvalue weighted by Gasteiger charge is 2.35. The third-order valence-electron chi connectivity index (χ3n) is 5.37. The molecule has 0 spiro atoms. The second-order valence-electron chi connectivity index (χ2n) is 7.58. The van der Waals surface area contributed by atoms with Gasteiger partial charge in [0.2, 0.25) is 0 Å². The van der Waals surface area contributed by atoms with Gasteiger partial charge in [0.15, 0.2) is 5.69 Å². The van der Waals surface area contributed by atoms with Gasteiger partial charge in [0.25, 0.3) is 5.91 Å². The number of sulfone groups is 1. The Labute approximate surface area is 182 Å². The monoisotopic (exact) mass is 478 g/mol. The summed E-state index contributed by atoms with van der Waals surface area (Å²) < 4.78 is 61.9. The lowest BCUT2D eigenvalue weighted by atomic mass is 9.98. The lowest BCUT2D eigenvalue weighted by molar-refractivity contribution is -0.141. The Bertz CT molecular complexity index is 1020. The van der Waals surface area contributed by atoms with Crippen LogP contribution in [0.3, 0.4) is 0 Å². The lowest BCUT2D eigenvalue weighted by Crippen LogP contribution is -2.34. The number of hydrogen-bond acceptors (Lipinski definition) is 5. The van der Waals surface area contributed by atoms with E-state index in [1.54, 1.807) is 18.2 Å². The average molecular weight is 479 g/mol. The number of benzene rings is 1. The summed E-state index contributed by atoms with van der Waals surface area (Å²) in [4.78, 5) is 14.4. The predicted molar refractivity (Wildman–Crippen MR) is 110 cm³/mol. The van der Waals surface area contributed by atoms with Gasteiger partial charge in [-0.05, 0) is 37.3 Å². The summed E-state index contributed by atoms with van der Waals surface area (Å²) in [6.45, 7) is 0.199. The van der Waals surface area contributed by atoms with Gasteiger partial charge in [-0.15, -0.1) is 0 Å². The van der Waals surface area contributed by atoms with Gasteiger partial charge in [0, 0.05) is 35.4 Å². The van der Waals surface area contributed by atoms with E-state index in [1.165, 1.54) is 4.90 Å². The molecule has 0 atom stereocenters. The van der Waals surface area contributed by atoms with Crippen molar-refractivity contribution in [2.24, 2.45) is 5.92 Å². The Kier molecular flexibility index (Phi) is 6.85. The maximum absolute atomic E-state index is 13.0. The number of anilines is 1. The summed E-state index contributed by atoms with van der Waals surface area (Å²) >= 11 is 6.21. The second-order valence-corrected chi connectivity index (χ2v) is 10.3. The van der Waals surface area contributed by atoms with Crippen LogP contribution >= 0.6 is 11.6 Å². The van der Waals surface area contributed by atoms with Crippen LogP contribution in [0.2, 0.25) is 5.02 Å². The Hall–Kier alpha value is -2.27. The minimum absolute atomic E-state index is 0.00424. The first-order chi connectivity index (χ1) is 14.5. The smallest absolute Gasteiger partial charge is 0.398 e. The SMILES string of the molecule is Nc1cccc(Cl)c1CN(CCC1CCS(=O)(=O)CC1)C(=O)c1cc(C(F)(F)F)n[nH]1. The minimum atomic E-state index is -4.68. The molecule has 1 saturated heterocycles. The molecule has 1 aromatic heterocycles. The molecule has 1 aliphatic heterocycles. The summed E-state index contributed by atoms with van der Waals surface area (Å²) in [5.74, 6) is -0.391. The number of aromatic nitrogens is 2. The van der Waals surface area contributed by atoms with E-state index in [9.17, 15) is 26.4 Å². The Morgan fingerprint density at radius 3 is 2.55 bits per heavy atom. The van der Waals surface area contributed by atoms with Gasteiger partial charge in [0.05, 0.1) is 11.5 Å². The molecule has 1 aromatic carbocycles. The molecule has 0 radical (unpaired) electrons. The standard InChI is InChI=1S/C19H22ClF3N4O3S/c20-14-2-1-3-15(24)13(14)11-27(7-4-12-5-8-31(29,30)9-6-12)18(28)16-10-17(26-25-16)19(21,22)23/h1-3,10,12H,4-9,11,24H2,(H,25,26). The highest BCUT2D eigenvalue weighted by molar-refractivity contribution is 7.91. The van der Waals surface area contributed by atoms with Crippen LogP contribution in [0.15, 0.2) is 24.3 Å².